The van der Waals surface area contributed by atoms with Gasteiger partial charge in [0.15, 0.2) is 0 Å². The van der Waals surface area contributed by atoms with E-state index in [-0.39, 0.29) is 11.7 Å². The van der Waals surface area contributed by atoms with Crippen molar-refractivity contribution in [3.8, 4) is 5.75 Å². The molecule has 0 fully saturated rings. The van der Waals surface area contributed by atoms with Crippen LogP contribution < -0.4 is 5.32 Å². The monoisotopic (exact) mass is 307 g/mol. The number of carbonyl (C=O) groups excluding carboxylic acids is 1. The number of nitrogens with zero attached hydrogens (tertiary/aromatic N) is 2. The number of hydrogen-bond donors (Lipinski definition) is 2. The van der Waals surface area contributed by atoms with Crippen molar-refractivity contribution in [2.75, 3.05) is 5.32 Å². The number of phenolic OH excluding ortho intramolecular Hbond substituents is 1. The lowest BCUT2D eigenvalue weighted by atomic mass is 10.1. The molecule has 0 saturated heterocycles. The zero-order chi connectivity index (χ0) is 16.2. The number of benzene rings is 2. The first-order valence-corrected chi connectivity index (χ1v) is 7.29. The molecule has 5 nitrogen and oxygen atoms in total. The first kappa shape index (κ1) is 14.8. The third-order valence-electron chi connectivity index (χ3n) is 3.52. The maximum absolute atomic E-state index is 12.2. The zero-order valence-electron chi connectivity index (χ0n) is 12.7. The lowest BCUT2D eigenvalue weighted by Crippen LogP contribution is -2.12. The summed E-state index contributed by atoms with van der Waals surface area (Å²) in [5.74, 6) is -0.191. The van der Waals surface area contributed by atoms with E-state index in [1.54, 1.807) is 30.5 Å². The Kier molecular flexibility index (Phi) is 4.10. The molecule has 23 heavy (non-hydrogen) atoms. The molecular weight excluding hydrogens is 290 g/mol. The minimum absolute atomic E-state index is 0.0636. The van der Waals surface area contributed by atoms with Gasteiger partial charge in [0.2, 0.25) is 0 Å². The number of nitrogens with one attached hydrogen (secondary N) is 1. The highest BCUT2D eigenvalue weighted by Crippen LogP contribution is 2.24. The highest BCUT2D eigenvalue weighted by molar-refractivity contribution is 6.05. The molecule has 1 amide bonds. The Morgan fingerprint density at radius 2 is 2.00 bits per heavy atom. The van der Waals surface area contributed by atoms with E-state index in [1.165, 1.54) is 0 Å². The number of phenols is 1. The smallest absolute Gasteiger partial charge is 0.255 e. The molecule has 1 aromatic heterocycles. The van der Waals surface area contributed by atoms with Crippen LogP contribution >= 0.6 is 0 Å². The standard InChI is InChI=1S/C18H17N3O2/c1-13-3-8-16(17(22)11-13)20-18(23)15-6-4-14(5-7-15)12-21-10-2-9-19-21/h2-11,22H,12H2,1H3,(H,20,23). The number of aryl methyl sites for hydroxylation is 1. The van der Waals surface area contributed by atoms with Gasteiger partial charge >= 0.3 is 0 Å². The predicted octanol–water partition coefficient (Wildman–Crippen LogP) is 3.20. The molecule has 0 spiro atoms. The Bertz CT molecular complexity index is 809. The van der Waals surface area contributed by atoms with E-state index in [0.29, 0.717) is 17.8 Å². The molecule has 0 unspecified atom stereocenters. The molecule has 0 atom stereocenters. The Morgan fingerprint density at radius 3 is 2.65 bits per heavy atom. The highest BCUT2D eigenvalue weighted by atomic mass is 16.3. The van der Waals surface area contributed by atoms with Crippen LogP contribution in [-0.2, 0) is 6.54 Å². The van der Waals surface area contributed by atoms with Gasteiger partial charge in [0.25, 0.3) is 5.91 Å². The minimum atomic E-state index is -0.255. The SMILES string of the molecule is Cc1ccc(NC(=O)c2ccc(Cn3cccn3)cc2)c(O)c1. The van der Waals surface area contributed by atoms with Gasteiger partial charge in [0.05, 0.1) is 12.2 Å². The van der Waals surface area contributed by atoms with Crippen LogP contribution in [0.25, 0.3) is 0 Å². The second-order valence-electron chi connectivity index (χ2n) is 5.38. The van der Waals surface area contributed by atoms with Crippen LogP contribution in [-0.4, -0.2) is 20.8 Å². The van der Waals surface area contributed by atoms with Crippen molar-refractivity contribution in [1.29, 1.82) is 0 Å². The van der Waals surface area contributed by atoms with Gasteiger partial charge in [-0.1, -0.05) is 18.2 Å². The molecule has 3 rings (SSSR count). The van der Waals surface area contributed by atoms with Gasteiger partial charge in [-0.25, -0.2) is 0 Å². The first-order valence-electron chi connectivity index (χ1n) is 7.29. The summed E-state index contributed by atoms with van der Waals surface area (Å²) in [4.78, 5) is 12.2. The van der Waals surface area contributed by atoms with E-state index in [2.05, 4.69) is 10.4 Å². The molecule has 0 aliphatic carbocycles. The Balaban J connectivity index is 1.70. The molecular formula is C18H17N3O2. The van der Waals surface area contributed by atoms with Crippen molar-refractivity contribution in [2.45, 2.75) is 13.5 Å². The van der Waals surface area contributed by atoms with Crippen LogP contribution in [0, 0.1) is 6.92 Å². The quantitative estimate of drug-likeness (QED) is 0.727. The molecule has 0 bridgehead atoms. The van der Waals surface area contributed by atoms with Gasteiger partial charge in [-0.2, -0.15) is 5.10 Å². The molecule has 0 saturated carbocycles. The molecule has 5 heteroatoms. The summed E-state index contributed by atoms with van der Waals surface area (Å²) in [6.45, 7) is 2.54. The summed E-state index contributed by atoms with van der Waals surface area (Å²) >= 11 is 0. The fourth-order valence-corrected chi connectivity index (χ4v) is 2.28. The number of amides is 1. The molecule has 3 aromatic rings. The Labute approximate surface area is 134 Å². The van der Waals surface area contributed by atoms with Gasteiger partial charge in [-0.05, 0) is 48.4 Å². The average molecular weight is 307 g/mol. The van der Waals surface area contributed by atoms with Crippen molar-refractivity contribution < 1.29 is 9.90 Å². The molecule has 2 aromatic carbocycles. The second kappa shape index (κ2) is 6.36. The average Bonchev–Trinajstić information content (AvgIpc) is 3.04. The summed E-state index contributed by atoms with van der Waals surface area (Å²) < 4.78 is 1.82. The second-order valence-corrected chi connectivity index (χ2v) is 5.38. The minimum Gasteiger partial charge on any atom is -0.506 e. The van der Waals surface area contributed by atoms with Crippen molar-refractivity contribution in [2.24, 2.45) is 0 Å². The topological polar surface area (TPSA) is 67.2 Å². The number of rotatable bonds is 4. The molecule has 0 aliphatic rings. The Morgan fingerprint density at radius 1 is 1.22 bits per heavy atom. The highest BCUT2D eigenvalue weighted by Gasteiger charge is 2.09. The zero-order valence-corrected chi connectivity index (χ0v) is 12.7. The van der Waals surface area contributed by atoms with Crippen LogP contribution in [0.2, 0.25) is 0 Å². The van der Waals surface area contributed by atoms with Crippen LogP contribution in [0.15, 0.2) is 60.9 Å². The molecule has 0 aliphatic heterocycles. The van der Waals surface area contributed by atoms with E-state index in [0.717, 1.165) is 11.1 Å². The fraction of sp³-hybridized carbons (Fsp3) is 0.111. The maximum Gasteiger partial charge on any atom is 0.255 e. The van der Waals surface area contributed by atoms with Gasteiger partial charge in [-0.3, -0.25) is 9.48 Å². The van der Waals surface area contributed by atoms with Crippen LogP contribution in [0.5, 0.6) is 5.75 Å². The number of aromatic hydroxyl groups is 1. The third-order valence-corrected chi connectivity index (χ3v) is 3.52. The van der Waals surface area contributed by atoms with Gasteiger partial charge in [0.1, 0.15) is 5.75 Å². The van der Waals surface area contributed by atoms with Gasteiger partial charge in [-0.15, -0.1) is 0 Å². The van der Waals surface area contributed by atoms with E-state index in [1.807, 2.05) is 42.1 Å². The maximum atomic E-state index is 12.2. The Hall–Kier alpha value is -3.08. The fourth-order valence-electron chi connectivity index (χ4n) is 2.28. The molecule has 2 N–H and O–H groups in total. The summed E-state index contributed by atoms with van der Waals surface area (Å²) in [6, 6.07) is 14.3. The van der Waals surface area contributed by atoms with Crippen LogP contribution in [0.1, 0.15) is 21.5 Å². The lowest BCUT2D eigenvalue weighted by molar-refractivity contribution is 0.102. The van der Waals surface area contributed by atoms with Gasteiger partial charge in [0, 0.05) is 18.0 Å². The first-order chi connectivity index (χ1) is 11.1. The summed E-state index contributed by atoms with van der Waals surface area (Å²) in [7, 11) is 0. The number of anilines is 1. The summed E-state index contributed by atoms with van der Waals surface area (Å²) in [5, 5.41) is 16.7. The molecule has 116 valence electrons. The lowest BCUT2D eigenvalue weighted by Gasteiger charge is -2.09. The van der Waals surface area contributed by atoms with Crippen molar-refractivity contribution in [3.05, 3.63) is 77.6 Å². The van der Waals surface area contributed by atoms with Crippen LogP contribution in [0.4, 0.5) is 5.69 Å². The van der Waals surface area contributed by atoms with E-state index < -0.39 is 0 Å². The van der Waals surface area contributed by atoms with Crippen molar-refractivity contribution in [1.82, 2.24) is 9.78 Å². The number of aromatic nitrogens is 2. The van der Waals surface area contributed by atoms with Crippen LogP contribution in [0.3, 0.4) is 0 Å². The summed E-state index contributed by atoms with van der Waals surface area (Å²) in [5.41, 5.74) is 2.93. The van der Waals surface area contributed by atoms with Crippen molar-refractivity contribution >= 4 is 11.6 Å². The van der Waals surface area contributed by atoms with E-state index >= 15 is 0 Å². The number of hydrogen-bond acceptors (Lipinski definition) is 3. The molecule has 0 radical (unpaired) electrons. The van der Waals surface area contributed by atoms with E-state index in [4.69, 9.17) is 0 Å². The molecule has 1 heterocycles. The third kappa shape index (κ3) is 3.58. The predicted molar refractivity (Wildman–Crippen MR) is 88.6 cm³/mol. The van der Waals surface area contributed by atoms with E-state index in [9.17, 15) is 9.90 Å². The van der Waals surface area contributed by atoms with Crippen molar-refractivity contribution in [3.63, 3.8) is 0 Å². The largest absolute Gasteiger partial charge is 0.506 e. The van der Waals surface area contributed by atoms with Gasteiger partial charge < -0.3 is 10.4 Å². The normalized spacial score (nSPS) is 10.5. The summed E-state index contributed by atoms with van der Waals surface area (Å²) in [6.07, 6.45) is 3.62. The number of carbonyl (C=O) groups is 1.